The summed E-state index contributed by atoms with van der Waals surface area (Å²) in [6.07, 6.45) is 4.73. The van der Waals surface area contributed by atoms with Crippen LogP contribution in [0.1, 0.15) is 52.4 Å². The van der Waals surface area contributed by atoms with Gasteiger partial charge in [0.25, 0.3) is 0 Å². The Kier molecular flexibility index (Phi) is 3.78. The maximum Gasteiger partial charge on any atom is 0.337 e. The molecule has 1 aliphatic carbocycles. The van der Waals surface area contributed by atoms with Crippen LogP contribution in [0.4, 0.5) is 0 Å². The Hall–Kier alpha value is -0.870. The fourth-order valence-electron chi connectivity index (χ4n) is 2.66. The molecule has 0 fully saturated rings. The third-order valence-electron chi connectivity index (χ3n) is 3.67. The van der Waals surface area contributed by atoms with Crippen molar-refractivity contribution in [3.63, 3.8) is 0 Å². The average molecular weight is 267 g/mol. The largest absolute Gasteiger partial charge is 0.478 e. The highest BCUT2D eigenvalue weighted by atomic mass is 32.1. The summed E-state index contributed by atoms with van der Waals surface area (Å²) in [4.78, 5) is 13.8. The lowest BCUT2D eigenvalue weighted by molar-refractivity contribution is 0.0694. The van der Waals surface area contributed by atoms with Crippen molar-refractivity contribution in [1.29, 1.82) is 0 Å². The fourth-order valence-corrected chi connectivity index (χ4v) is 4.02. The normalized spacial score (nSPS) is 17.5. The van der Waals surface area contributed by atoms with E-state index in [9.17, 15) is 9.90 Å². The molecule has 0 spiro atoms. The summed E-state index contributed by atoms with van der Waals surface area (Å²) in [5.74, 6) is -0.766. The van der Waals surface area contributed by atoms with Crippen LogP contribution in [0.3, 0.4) is 0 Å². The van der Waals surface area contributed by atoms with Crippen molar-refractivity contribution in [1.82, 2.24) is 0 Å². The van der Waals surface area contributed by atoms with Crippen molar-refractivity contribution in [2.24, 2.45) is 11.1 Å². The van der Waals surface area contributed by atoms with E-state index in [4.69, 9.17) is 5.73 Å². The smallest absolute Gasteiger partial charge is 0.337 e. The number of nitrogens with two attached hydrogens (primary N) is 1. The lowest BCUT2D eigenvalue weighted by atomic mass is 9.76. The lowest BCUT2D eigenvalue weighted by Gasteiger charge is -2.29. The van der Waals surface area contributed by atoms with Crippen molar-refractivity contribution in [2.75, 3.05) is 6.54 Å². The zero-order valence-electron chi connectivity index (χ0n) is 11.1. The topological polar surface area (TPSA) is 63.3 Å². The summed E-state index contributed by atoms with van der Waals surface area (Å²) in [6, 6.07) is 0. The van der Waals surface area contributed by atoms with Crippen molar-refractivity contribution in [2.45, 2.75) is 46.0 Å². The highest BCUT2D eigenvalue weighted by molar-refractivity contribution is 7.12. The highest BCUT2D eigenvalue weighted by Crippen LogP contribution is 2.41. The highest BCUT2D eigenvalue weighted by Gasteiger charge is 2.32. The Morgan fingerprint density at radius 3 is 2.83 bits per heavy atom. The van der Waals surface area contributed by atoms with Gasteiger partial charge in [-0.25, -0.2) is 4.79 Å². The van der Waals surface area contributed by atoms with Crippen molar-refractivity contribution >= 4 is 17.3 Å². The molecule has 0 unspecified atom stereocenters. The van der Waals surface area contributed by atoms with Gasteiger partial charge in [-0.1, -0.05) is 13.8 Å². The van der Waals surface area contributed by atoms with Crippen LogP contribution in [-0.4, -0.2) is 17.6 Å². The van der Waals surface area contributed by atoms with E-state index in [0.29, 0.717) is 12.1 Å². The molecule has 4 heteroatoms. The number of carbonyl (C=O) groups is 1. The summed E-state index contributed by atoms with van der Waals surface area (Å²) in [7, 11) is 0. The van der Waals surface area contributed by atoms with Gasteiger partial charge in [0, 0.05) is 9.75 Å². The van der Waals surface area contributed by atoms with Gasteiger partial charge < -0.3 is 10.8 Å². The van der Waals surface area contributed by atoms with Crippen LogP contribution in [0, 0.1) is 5.41 Å². The summed E-state index contributed by atoms with van der Waals surface area (Å²) >= 11 is 1.69. The second-order valence-electron chi connectivity index (χ2n) is 5.84. The van der Waals surface area contributed by atoms with E-state index in [1.165, 1.54) is 4.88 Å². The first-order valence-electron chi connectivity index (χ1n) is 6.51. The molecule has 0 atom stereocenters. The van der Waals surface area contributed by atoms with E-state index in [-0.39, 0.29) is 5.41 Å². The molecule has 3 nitrogen and oxygen atoms in total. The molecule has 1 aromatic rings. The first-order chi connectivity index (χ1) is 8.44. The van der Waals surface area contributed by atoms with Crippen LogP contribution in [-0.2, 0) is 19.3 Å². The third kappa shape index (κ3) is 2.59. The number of hydrogen-bond acceptors (Lipinski definition) is 3. The van der Waals surface area contributed by atoms with Gasteiger partial charge in [0.2, 0.25) is 0 Å². The van der Waals surface area contributed by atoms with Gasteiger partial charge in [-0.15, -0.1) is 11.3 Å². The summed E-state index contributed by atoms with van der Waals surface area (Å²) in [6.45, 7) is 5.06. The Balaban J connectivity index is 2.39. The number of carboxylic acids is 1. The molecule has 18 heavy (non-hydrogen) atoms. The first-order valence-corrected chi connectivity index (χ1v) is 7.33. The van der Waals surface area contributed by atoms with Crippen LogP contribution < -0.4 is 5.73 Å². The number of hydrogen-bond donors (Lipinski definition) is 2. The lowest BCUT2D eigenvalue weighted by Crippen LogP contribution is -2.22. The summed E-state index contributed by atoms with van der Waals surface area (Å²) in [5.41, 5.74) is 7.42. The zero-order chi connectivity index (χ0) is 13.3. The molecule has 1 aromatic heterocycles. The Bertz CT molecular complexity index is 463. The standard InChI is InChI=1S/C14H21NO2S/c1-14(2)6-5-10-9(8-14)12(13(16)17)11(18-10)4-3-7-15/h3-8,15H2,1-2H3,(H,16,17). The van der Waals surface area contributed by atoms with E-state index < -0.39 is 5.97 Å². The number of aryl methyl sites for hydroxylation is 2. The molecule has 0 bridgehead atoms. The van der Waals surface area contributed by atoms with Crippen LogP contribution >= 0.6 is 11.3 Å². The fraction of sp³-hybridized carbons (Fsp3) is 0.643. The third-order valence-corrected chi connectivity index (χ3v) is 5.02. The van der Waals surface area contributed by atoms with Gasteiger partial charge in [-0.3, -0.25) is 0 Å². The second kappa shape index (κ2) is 5.02. The minimum atomic E-state index is -0.766. The molecular weight excluding hydrogens is 246 g/mol. The van der Waals surface area contributed by atoms with E-state index >= 15 is 0 Å². The molecule has 1 aliphatic rings. The van der Waals surface area contributed by atoms with Crippen molar-refractivity contribution in [3.05, 3.63) is 20.9 Å². The van der Waals surface area contributed by atoms with E-state index in [1.54, 1.807) is 11.3 Å². The molecule has 3 N–H and O–H groups in total. The van der Waals surface area contributed by atoms with E-state index in [0.717, 1.165) is 42.5 Å². The maximum absolute atomic E-state index is 11.5. The molecule has 0 aromatic carbocycles. The Morgan fingerprint density at radius 1 is 1.50 bits per heavy atom. The Morgan fingerprint density at radius 2 is 2.22 bits per heavy atom. The van der Waals surface area contributed by atoms with Crippen LogP contribution in [0.15, 0.2) is 0 Å². The van der Waals surface area contributed by atoms with Crippen molar-refractivity contribution in [3.8, 4) is 0 Å². The van der Waals surface area contributed by atoms with Crippen LogP contribution in [0.2, 0.25) is 0 Å². The van der Waals surface area contributed by atoms with Gasteiger partial charge in [0.05, 0.1) is 5.56 Å². The zero-order valence-corrected chi connectivity index (χ0v) is 11.9. The minimum absolute atomic E-state index is 0.226. The van der Waals surface area contributed by atoms with E-state index in [2.05, 4.69) is 13.8 Å². The first kappa shape index (κ1) is 13.6. The monoisotopic (exact) mass is 267 g/mol. The summed E-state index contributed by atoms with van der Waals surface area (Å²) in [5, 5.41) is 9.46. The molecule has 0 radical (unpaired) electrons. The predicted octanol–water partition coefficient (Wildman–Crippen LogP) is 2.85. The molecule has 2 rings (SSSR count). The van der Waals surface area contributed by atoms with Gasteiger partial charge in [-0.2, -0.15) is 0 Å². The predicted molar refractivity (Wildman–Crippen MR) is 74.5 cm³/mol. The van der Waals surface area contributed by atoms with Crippen molar-refractivity contribution < 1.29 is 9.90 Å². The van der Waals surface area contributed by atoms with Gasteiger partial charge in [0.1, 0.15) is 0 Å². The maximum atomic E-state index is 11.5. The van der Waals surface area contributed by atoms with Gasteiger partial charge in [-0.05, 0) is 49.6 Å². The molecule has 100 valence electrons. The summed E-state index contributed by atoms with van der Waals surface area (Å²) < 4.78 is 0. The molecule has 0 aliphatic heterocycles. The van der Waals surface area contributed by atoms with Gasteiger partial charge in [0.15, 0.2) is 0 Å². The average Bonchev–Trinajstić information content (AvgIpc) is 2.62. The molecule has 0 amide bonds. The molecule has 1 heterocycles. The van der Waals surface area contributed by atoms with Crippen LogP contribution in [0.5, 0.6) is 0 Å². The van der Waals surface area contributed by atoms with Gasteiger partial charge >= 0.3 is 5.97 Å². The SMILES string of the molecule is CC1(C)CCc2sc(CCCN)c(C(=O)O)c2C1. The van der Waals surface area contributed by atoms with E-state index in [1.807, 2.05) is 0 Å². The molecule has 0 saturated carbocycles. The number of thiophene rings is 1. The van der Waals surface area contributed by atoms with Crippen LogP contribution in [0.25, 0.3) is 0 Å². The number of rotatable bonds is 4. The number of fused-ring (bicyclic) bond motifs is 1. The second-order valence-corrected chi connectivity index (χ2v) is 7.03. The minimum Gasteiger partial charge on any atom is -0.478 e. The number of aromatic carboxylic acids is 1. The quantitative estimate of drug-likeness (QED) is 0.881. The molecular formula is C14H21NO2S. The number of carboxylic acid groups (broad SMARTS) is 1. The molecule has 0 saturated heterocycles. The Labute approximate surface area is 112 Å².